The monoisotopic (exact) mass is 453 g/mol. The fourth-order valence-corrected chi connectivity index (χ4v) is 4.71. The number of nitrogens with one attached hydrogen (secondary N) is 4. The SMILES string of the molecule is CC1C(=O)Nc2cc(Nc3nc(Nc4ccc5cn[nH]c5c4)ncc3F)ccc2S1(=O)=O. The normalized spacial score (nSPS) is 16.9. The first kappa shape index (κ1) is 19.9. The van der Waals surface area contributed by atoms with Crippen molar-refractivity contribution < 1.29 is 17.6 Å². The van der Waals surface area contributed by atoms with E-state index in [1.54, 1.807) is 6.20 Å². The van der Waals surface area contributed by atoms with Gasteiger partial charge in [-0.25, -0.2) is 17.8 Å². The van der Waals surface area contributed by atoms with Crippen molar-refractivity contribution in [3.8, 4) is 0 Å². The molecule has 162 valence electrons. The molecule has 0 fully saturated rings. The molecule has 1 aliphatic rings. The van der Waals surface area contributed by atoms with E-state index < -0.39 is 26.8 Å². The molecular formula is C20H16FN7O3S. The van der Waals surface area contributed by atoms with Gasteiger partial charge in [-0.3, -0.25) is 9.89 Å². The van der Waals surface area contributed by atoms with Gasteiger partial charge in [-0.1, -0.05) is 0 Å². The zero-order chi connectivity index (χ0) is 22.5. The number of benzene rings is 2. The zero-order valence-electron chi connectivity index (χ0n) is 16.5. The van der Waals surface area contributed by atoms with Gasteiger partial charge in [0.1, 0.15) is 5.25 Å². The lowest BCUT2D eigenvalue weighted by Crippen LogP contribution is -2.37. The Hall–Kier alpha value is -4.06. The summed E-state index contributed by atoms with van der Waals surface area (Å²) in [6, 6.07) is 9.74. The van der Waals surface area contributed by atoms with Crippen LogP contribution in [0.2, 0.25) is 0 Å². The molecule has 1 aliphatic heterocycles. The van der Waals surface area contributed by atoms with Crippen LogP contribution in [0.4, 0.5) is 33.2 Å². The highest BCUT2D eigenvalue weighted by Gasteiger charge is 2.36. The molecule has 5 rings (SSSR count). The number of halogens is 1. The number of nitrogens with zero attached hydrogens (tertiary/aromatic N) is 3. The Balaban J connectivity index is 1.42. The highest BCUT2D eigenvalue weighted by molar-refractivity contribution is 7.93. The molecule has 1 amide bonds. The molecule has 1 atom stereocenters. The third kappa shape index (κ3) is 3.39. The molecule has 10 nitrogen and oxygen atoms in total. The van der Waals surface area contributed by atoms with Gasteiger partial charge in [0.15, 0.2) is 21.5 Å². The topological polar surface area (TPSA) is 142 Å². The van der Waals surface area contributed by atoms with E-state index in [-0.39, 0.29) is 22.3 Å². The van der Waals surface area contributed by atoms with E-state index in [0.717, 1.165) is 17.1 Å². The van der Waals surface area contributed by atoms with E-state index in [4.69, 9.17) is 0 Å². The zero-order valence-corrected chi connectivity index (χ0v) is 17.4. The van der Waals surface area contributed by atoms with Gasteiger partial charge >= 0.3 is 0 Å². The van der Waals surface area contributed by atoms with Crippen molar-refractivity contribution in [2.24, 2.45) is 0 Å². The lowest BCUT2D eigenvalue weighted by Gasteiger charge is -2.22. The summed E-state index contributed by atoms with van der Waals surface area (Å²) in [4.78, 5) is 20.1. The molecule has 0 bridgehead atoms. The minimum atomic E-state index is -3.78. The number of carbonyl (C=O) groups excluding carboxylic acids is 1. The van der Waals surface area contributed by atoms with E-state index in [1.807, 2.05) is 18.2 Å². The van der Waals surface area contributed by atoms with Gasteiger partial charge in [-0.2, -0.15) is 10.1 Å². The van der Waals surface area contributed by atoms with Crippen LogP contribution in [0.1, 0.15) is 6.92 Å². The molecule has 3 heterocycles. The first-order valence-electron chi connectivity index (χ1n) is 9.50. The summed E-state index contributed by atoms with van der Waals surface area (Å²) in [7, 11) is -3.78. The fourth-order valence-electron chi connectivity index (χ4n) is 3.31. The quantitative estimate of drug-likeness (QED) is 0.369. The molecule has 0 aliphatic carbocycles. The molecule has 2 aromatic carbocycles. The summed E-state index contributed by atoms with van der Waals surface area (Å²) in [5.74, 6) is -1.30. The number of aromatic nitrogens is 4. The number of anilines is 5. The van der Waals surface area contributed by atoms with E-state index in [0.29, 0.717) is 11.4 Å². The number of rotatable bonds is 4. The number of hydrogen-bond acceptors (Lipinski definition) is 8. The summed E-state index contributed by atoms with van der Waals surface area (Å²) >= 11 is 0. The Labute approximate surface area is 181 Å². The summed E-state index contributed by atoms with van der Waals surface area (Å²) in [5.41, 5.74) is 1.96. The van der Waals surface area contributed by atoms with Crippen LogP contribution in [0.15, 0.2) is 53.7 Å². The van der Waals surface area contributed by atoms with Crippen molar-refractivity contribution in [1.29, 1.82) is 0 Å². The van der Waals surface area contributed by atoms with Gasteiger partial charge in [0, 0.05) is 16.8 Å². The van der Waals surface area contributed by atoms with Gasteiger partial charge in [-0.15, -0.1) is 0 Å². The van der Waals surface area contributed by atoms with E-state index in [2.05, 4.69) is 36.1 Å². The smallest absolute Gasteiger partial charge is 0.242 e. The molecule has 0 radical (unpaired) electrons. The number of amides is 1. The van der Waals surface area contributed by atoms with E-state index in [1.165, 1.54) is 25.1 Å². The van der Waals surface area contributed by atoms with Crippen LogP contribution in [0.3, 0.4) is 0 Å². The standard InChI is InChI=1S/C20H16FN7O3S/c1-10-19(29)26-16-7-12(4-5-17(16)32(10,30)31)24-18-14(21)9-22-20(27-18)25-13-3-2-11-8-23-28-15(11)6-13/h2-10H,1H3,(H,23,28)(H,26,29)(H2,22,24,25,27). The highest BCUT2D eigenvalue weighted by atomic mass is 32.2. The summed E-state index contributed by atoms with van der Waals surface area (Å²) in [5, 5.41) is 14.9. The molecule has 0 saturated heterocycles. The molecule has 4 N–H and O–H groups in total. The van der Waals surface area contributed by atoms with Crippen LogP contribution < -0.4 is 16.0 Å². The second-order valence-corrected chi connectivity index (χ2v) is 9.44. The van der Waals surface area contributed by atoms with Crippen molar-refractivity contribution in [2.45, 2.75) is 17.1 Å². The van der Waals surface area contributed by atoms with Gasteiger partial charge in [-0.05, 0) is 43.3 Å². The van der Waals surface area contributed by atoms with Gasteiger partial charge < -0.3 is 16.0 Å². The Morgan fingerprint density at radius 3 is 2.69 bits per heavy atom. The summed E-state index contributed by atoms with van der Waals surface area (Å²) in [6.45, 7) is 1.33. The average Bonchev–Trinajstić information content (AvgIpc) is 3.22. The number of hydrogen-bond donors (Lipinski definition) is 4. The first-order valence-corrected chi connectivity index (χ1v) is 11.0. The van der Waals surface area contributed by atoms with Crippen LogP contribution in [-0.2, 0) is 14.6 Å². The van der Waals surface area contributed by atoms with Crippen LogP contribution in [0.25, 0.3) is 10.9 Å². The Kier molecular flexibility index (Phi) is 4.51. The Morgan fingerprint density at radius 1 is 1.06 bits per heavy atom. The van der Waals surface area contributed by atoms with Crippen LogP contribution >= 0.6 is 0 Å². The lowest BCUT2D eigenvalue weighted by molar-refractivity contribution is -0.115. The molecule has 2 aromatic heterocycles. The summed E-state index contributed by atoms with van der Waals surface area (Å²) < 4.78 is 39.2. The number of sulfone groups is 1. The van der Waals surface area contributed by atoms with Crippen molar-refractivity contribution >= 4 is 55.5 Å². The van der Waals surface area contributed by atoms with Gasteiger partial charge in [0.2, 0.25) is 11.9 Å². The van der Waals surface area contributed by atoms with Crippen molar-refractivity contribution in [3.05, 3.63) is 54.6 Å². The summed E-state index contributed by atoms with van der Waals surface area (Å²) in [6.07, 6.45) is 2.71. The van der Waals surface area contributed by atoms with Crippen LogP contribution in [-0.4, -0.2) is 39.7 Å². The maximum atomic E-state index is 14.3. The second-order valence-electron chi connectivity index (χ2n) is 7.20. The van der Waals surface area contributed by atoms with Crippen molar-refractivity contribution in [3.63, 3.8) is 0 Å². The Bertz CT molecular complexity index is 1490. The van der Waals surface area contributed by atoms with Gasteiger partial charge in [0.05, 0.1) is 28.5 Å². The number of H-pyrrole nitrogens is 1. The predicted molar refractivity (Wildman–Crippen MR) is 116 cm³/mol. The maximum Gasteiger partial charge on any atom is 0.242 e. The van der Waals surface area contributed by atoms with E-state index in [9.17, 15) is 17.6 Å². The van der Waals surface area contributed by atoms with Crippen molar-refractivity contribution in [1.82, 2.24) is 20.2 Å². The molecule has 1 unspecified atom stereocenters. The molecule has 0 spiro atoms. The molecule has 12 heteroatoms. The number of fused-ring (bicyclic) bond motifs is 2. The van der Waals surface area contributed by atoms with Gasteiger partial charge in [0.25, 0.3) is 0 Å². The molecule has 4 aromatic rings. The number of aromatic amines is 1. The number of carbonyl (C=O) groups is 1. The Morgan fingerprint density at radius 2 is 1.84 bits per heavy atom. The minimum Gasteiger partial charge on any atom is -0.338 e. The third-order valence-electron chi connectivity index (χ3n) is 5.08. The van der Waals surface area contributed by atoms with E-state index >= 15 is 0 Å². The highest BCUT2D eigenvalue weighted by Crippen LogP contribution is 2.33. The fraction of sp³-hybridized carbons (Fsp3) is 0.100. The maximum absolute atomic E-state index is 14.3. The predicted octanol–water partition coefficient (Wildman–Crippen LogP) is 3.09. The molecular weight excluding hydrogens is 437 g/mol. The lowest BCUT2D eigenvalue weighted by atomic mass is 10.2. The average molecular weight is 453 g/mol. The van der Waals surface area contributed by atoms with Crippen LogP contribution in [0, 0.1) is 5.82 Å². The third-order valence-corrected chi connectivity index (χ3v) is 7.20. The molecule has 32 heavy (non-hydrogen) atoms. The molecule has 0 saturated carbocycles. The largest absolute Gasteiger partial charge is 0.338 e. The first-order chi connectivity index (χ1) is 15.3. The second kappa shape index (κ2) is 7.27. The minimum absolute atomic E-state index is 0.00913. The van der Waals surface area contributed by atoms with Crippen molar-refractivity contribution in [2.75, 3.05) is 16.0 Å². The van der Waals surface area contributed by atoms with Crippen LogP contribution in [0.5, 0.6) is 0 Å².